The summed E-state index contributed by atoms with van der Waals surface area (Å²) in [6.07, 6.45) is 2.44. The number of carbonyl (C=O) groups is 2. The molecule has 4 nitrogen and oxygen atoms in total. The lowest BCUT2D eigenvalue weighted by Gasteiger charge is -2.18. The number of hydrogen-bond donors (Lipinski definition) is 1. The maximum absolute atomic E-state index is 13.4. The number of nitrogens with one attached hydrogen (secondary N) is 1. The highest BCUT2D eigenvalue weighted by Crippen LogP contribution is 2.40. The van der Waals surface area contributed by atoms with Gasteiger partial charge in [-0.3, -0.25) is 4.79 Å². The predicted molar refractivity (Wildman–Crippen MR) is 100 cm³/mol. The van der Waals surface area contributed by atoms with Crippen molar-refractivity contribution in [2.75, 3.05) is 5.32 Å². The van der Waals surface area contributed by atoms with E-state index in [1.165, 1.54) is 29.5 Å². The quantitative estimate of drug-likeness (QED) is 0.779. The third-order valence-electron chi connectivity index (χ3n) is 4.37. The van der Waals surface area contributed by atoms with Gasteiger partial charge in [0.2, 0.25) is 0 Å². The third kappa shape index (κ3) is 3.96. The van der Waals surface area contributed by atoms with Crippen LogP contribution in [-0.2, 0) is 17.6 Å². The Bertz CT molecular complexity index is 844. The van der Waals surface area contributed by atoms with Crippen LogP contribution in [0.2, 0.25) is 0 Å². The van der Waals surface area contributed by atoms with Crippen molar-refractivity contribution in [3.8, 4) is 0 Å². The Morgan fingerprint density at radius 2 is 2.12 bits per heavy atom. The van der Waals surface area contributed by atoms with Gasteiger partial charge in [0.1, 0.15) is 10.8 Å². The van der Waals surface area contributed by atoms with E-state index in [2.05, 4.69) is 12.2 Å². The van der Waals surface area contributed by atoms with Crippen molar-refractivity contribution in [2.24, 2.45) is 5.92 Å². The Morgan fingerprint density at radius 1 is 1.35 bits per heavy atom. The Balaban J connectivity index is 1.95. The molecule has 2 aromatic rings. The number of amides is 1. The number of benzene rings is 1. The molecule has 138 valence electrons. The largest absolute Gasteiger partial charge is 0.459 e. The van der Waals surface area contributed by atoms with Crippen molar-refractivity contribution in [3.05, 3.63) is 51.7 Å². The van der Waals surface area contributed by atoms with Crippen LogP contribution in [-0.4, -0.2) is 18.0 Å². The fraction of sp³-hybridized carbons (Fsp3) is 0.400. The first-order valence-electron chi connectivity index (χ1n) is 8.77. The molecule has 1 aliphatic carbocycles. The van der Waals surface area contributed by atoms with E-state index in [4.69, 9.17) is 4.74 Å². The number of esters is 1. The van der Waals surface area contributed by atoms with Crippen molar-refractivity contribution in [1.29, 1.82) is 0 Å². The molecule has 0 spiro atoms. The summed E-state index contributed by atoms with van der Waals surface area (Å²) in [5.41, 5.74) is 1.65. The van der Waals surface area contributed by atoms with E-state index >= 15 is 0 Å². The SMILES string of the molecule is CC(C)OC(=O)c1c(NC(=O)c2cccc(F)c2)sc2c1CC[C@H](C)C2. The minimum absolute atomic E-state index is 0.216. The molecule has 0 aliphatic heterocycles. The first-order valence-corrected chi connectivity index (χ1v) is 9.59. The van der Waals surface area contributed by atoms with Crippen molar-refractivity contribution in [1.82, 2.24) is 0 Å². The van der Waals surface area contributed by atoms with Crippen molar-refractivity contribution < 1.29 is 18.7 Å². The van der Waals surface area contributed by atoms with Gasteiger partial charge >= 0.3 is 5.97 Å². The molecule has 1 aliphatic rings. The van der Waals surface area contributed by atoms with Crippen molar-refractivity contribution in [3.63, 3.8) is 0 Å². The molecule has 1 aromatic carbocycles. The fourth-order valence-electron chi connectivity index (χ4n) is 3.13. The van der Waals surface area contributed by atoms with Gasteiger partial charge in [0.15, 0.2) is 0 Å². The van der Waals surface area contributed by atoms with Crippen LogP contribution in [0.1, 0.15) is 58.3 Å². The van der Waals surface area contributed by atoms with Gasteiger partial charge in [-0.25, -0.2) is 9.18 Å². The summed E-state index contributed by atoms with van der Waals surface area (Å²) in [6.45, 7) is 5.77. The van der Waals surface area contributed by atoms with E-state index in [1.807, 2.05) is 0 Å². The molecule has 0 fully saturated rings. The van der Waals surface area contributed by atoms with Gasteiger partial charge in [-0.2, -0.15) is 0 Å². The molecule has 0 saturated carbocycles. The number of fused-ring (bicyclic) bond motifs is 1. The highest BCUT2D eigenvalue weighted by Gasteiger charge is 2.29. The fourth-order valence-corrected chi connectivity index (χ4v) is 4.53. The second-order valence-electron chi connectivity index (χ2n) is 6.97. The average molecular weight is 375 g/mol. The van der Waals surface area contributed by atoms with E-state index in [1.54, 1.807) is 19.9 Å². The smallest absolute Gasteiger partial charge is 0.341 e. The number of halogens is 1. The van der Waals surface area contributed by atoms with Crippen LogP contribution < -0.4 is 5.32 Å². The van der Waals surface area contributed by atoms with Gasteiger partial charge in [0.05, 0.1) is 11.7 Å². The summed E-state index contributed by atoms with van der Waals surface area (Å²) in [7, 11) is 0. The molecule has 26 heavy (non-hydrogen) atoms. The first-order chi connectivity index (χ1) is 12.3. The number of anilines is 1. The molecule has 0 radical (unpaired) electrons. The summed E-state index contributed by atoms with van der Waals surface area (Å²) in [5, 5.41) is 3.28. The minimum Gasteiger partial charge on any atom is -0.459 e. The van der Waals surface area contributed by atoms with E-state index in [0.29, 0.717) is 16.5 Å². The molecule has 1 amide bonds. The van der Waals surface area contributed by atoms with Crippen LogP contribution in [0.15, 0.2) is 24.3 Å². The van der Waals surface area contributed by atoms with Crippen LogP contribution in [0.4, 0.5) is 9.39 Å². The zero-order chi connectivity index (χ0) is 18.8. The van der Waals surface area contributed by atoms with Crippen LogP contribution in [0, 0.1) is 11.7 Å². The molecule has 1 atom stereocenters. The van der Waals surface area contributed by atoms with E-state index in [9.17, 15) is 14.0 Å². The van der Waals surface area contributed by atoms with Crippen LogP contribution in [0.25, 0.3) is 0 Å². The lowest BCUT2D eigenvalue weighted by molar-refractivity contribution is 0.0378. The van der Waals surface area contributed by atoms with E-state index < -0.39 is 17.7 Å². The zero-order valence-corrected chi connectivity index (χ0v) is 15.9. The highest BCUT2D eigenvalue weighted by molar-refractivity contribution is 7.17. The zero-order valence-electron chi connectivity index (χ0n) is 15.1. The maximum atomic E-state index is 13.4. The lowest BCUT2D eigenvalue weighted by atomic mass is 9.88. The van der Waals surface area contributed by atoms with Crippen molar-refractivity contribution in [2.45, 2.75) is 46.1 Å². The summed E-state index contributed by atoms with van der Waals surface area (Å²) in [4.78, 5) is 26.3. The molecule has 3 rings (SSSR count). The molecule has 0 saturated heterocycles. The Labute approximate surface area is 156 Å². The maximum Gasteiger partial charge on any atom is 0.341 e. The van der Waals surface area contributed by atoms with Gasteiger partial charge in [-0.05, 0) is 62.8 Å². The number of ether oxygens (including phenoxy) is 1. The highest BCUT2D eigenvalue weighted by atomic mass is 32.1. The summed E-state index contributed by atoms with van der Waals surface area (Å²) in [6, 6.07) is 5.49. The number of hydrogen-bond acceptors (Lipinski definition) is 4. The predicted octanol–water partition coefficient (Wildman–Crippen LogP) is 4.83. The molecule has 1 aromatic heterocycles. The summed E-state index contributed by atoms with van der Waals surface area (Å²) < 4.78 is 18.8. The Morgan fingerprint density at radius 3 is 2.81 bits per heavy atom. The second-order valence-corrected chi connectivity index (χ2v) is 8.08. The molecule has 1 heterocycles. The standard InChI is InChI=1S/C20H22FNO3S/c1-11(2)25-20(24)17-15-8-7-12(3)9-16(15)26-19(17)22-18(23)13-5-4-6-14(21)10-13/h4-6,10-12H,7-9H2,1-3H3,(H,22,23)/t12-/m0/s1. The van der Waals surface area contributed by atoms with Crippen molar-refractivity contribution >= 4 is 28.2 Å². The van der Waals surface area contributed by atoms with Crippen LogP contribution >= 0.6 is 11.3 Å². The van der Waals surface area contributed by atoms with E-state index in [-0.39, 0.29) is 11.7 Å². The van der Waals surface area contributed by atoms with E-state index in [0.717, 1.165) is 29.7 Å². The molecule has 6 heteroatoms. The van der Waals surface area contributed by atoms with Gasteiger partial charge in [-0.15, -0.1) is 11.3 Å². The molecule has 0 unspecified atom stereocenters. The van der Waals surface area contributed by atoms with Crippen LogP contribution in [0.3, 0.4) is 0 Å². The topological polar surface area (TPSA) is 55.4 Å². The van der Waals surface area contributed by atoms with Gasteiger partial charge in [0, 0.05) is 10.4 Å². The van der Waals surface area contributed by atoms with Gasteiger partial charge in [0.25, 0.3) is 5.91 Å². The summed E-state index contributed by atoms with van der Waals surface area (Å²) >= 11 is 1.42. The first kappa shape index (κ1) is 18.6. The molecule has 1 N–H and O–H groups in total. The number of carbonyl (C=O) groups excluding carboxylic acids is 2. The van der Waals surface area contributed by atoms with Crippen LogP contribution in [0.5, 0.6) is 0 Å². The Hall–Kier alpha value is -2.21. The monoisotopic (exact) mass is 375 g/mol. The molecular formula is C20H22FNO3S. The molecular weight excluding hydrogens is 353 g/mol. The number of thiophene rings is 1. The van der Waals surface area contributed by atoms with Gasteiger partial charge in [-0.1, -0.05) is 13.0 Å². The number of rotatable bonds is 4. The minimum atomic E-state index is -0.476. The lowest BCUT2D eigenvalue weighted by Crippen LogP contribution is -2.18. The second kappa shape index (κ2) is 7.58. The molecule has 0 bridgehead atoms. The Kier molecular flexibility index (Phi) is 5.41. The normalized spacial score (nSPS) is 16.3. The average Bonchev–Trinajstić information content (AvgIpc) is 2.91. The summed E-state index contributed by atoms with van der Waals surface area (Å²) in [5.74, 6) is -0.783. The van der Waals surface area contributed by atoms with Gasteiger partial charge < -0.3 is 10.1 Å². The third-order valence-corrected chi connectivity index (χ3v) is 5.54.